The minimum Gasteiger partial charge on any atom is -0.447 e. The number of nitrogens with one attached hydrogen (secondary N) is 2. The monoisotopic (exact) mass is 383 g/mol. The van der Waals surface area contributed by atoms with Crippen LogP contribution in [-0.2, 0) is 9.53 Å². The van der Waals surface area contributed by atoms with Gasteiger partial charge in [-0.15, -0.1) is 0 Å². The molecule has 1 amide bonds. The number of halogens is 1. The highest BCUT2D eigenvalue weighted by Gasteiger charge is 2.25. The smallest absolute Gasteiger partial charge is 0.375 e. The lowest BCUT2D eigenvalue weighted by Crippen LogP contribution is -2.30. The molecular weight excluding hydrogens is 369 g/mol. The second-order valence-corrected chi connectivity index (χ2v) is 6.03. The fraction of sp³-hybridized carbons (Fsp3) is 0.167. The van der Waals surface area contributed by atoms with E-state index in [4.69, 9.17) is 9.15 Å². The molecule has 0 spiro atoms. The number of H-pyrrole nitrogens is 1. The number of benzene rings is 1. The van der Waals surface area contributed by atoms with E-state index in [1.54, 1.807) is 13.0 Å². The Hall–Kier alpha value is -3.82. The van der Waals surface area contributed by atoms with E-state index in [2.05, 4.69) is 25.3 Å². The highest BCUT2D eigenvalue weighted by atomic mass is 19.1. The largest absolute Gasteiger partial charge is 0.447 e. The fourth-order valence-electron chi connectivity index (χ4n) is 2.75. The number of carbonyl (C=O) groups excluding carboxylic acids is 2. The summed E-state index contributed by atoms with van der Waals surface area (Å²) in [5.41, 5.74) is 1.22. The number of hydrogen-bond donors (Lipinski definition) is 2. The number of rotatable bonds is 4. The summed E-state index contributed by atoms with van der Waals surface area (Å²) in [5.74, 6) is -2.01. The maximum absolute atomic E-state index is 13.8. The van der Waals surface area contributed by atoms with Gasteiger partial charge < -0.3 is 19.5 Å². The van der Waals surface area contributed by atoms with E-state index >= 15 is 0 Å². The normalized spacial score (nSPS) is 12.2. The van der Waals surface area contributed by atoms with Crippen LogP contribution in [0.1, 0.15) is 23.0 Å². The van der Waals surface area contributed by atoms with Gasteiger partial charge in [0.15, 0.2) is 29.0 Å². The molecule has 0 unspecified atom stereocenters. The number of hydrogen-bond acceptors (Lipinski definition) is 7. The molecule has 28 heavy (non-hydrogen) atoms. The maximum atomic E-state index is 13.8. The van der Waals surface area contributed by atoms with Crippen molar-refractivity contribution < 1.29 is 23.1 Å². The van der Waals surface area contributed by atoms with Gasteiger partial charge in [0.05, 0.1) is 6.33 Å². The van der Waals surface area contributed by atoms with Gasteiger partial charge in [0.1, 0.15) is 11.8 Å². The number of aromatic amines is 1. The number of esters is 1. The van der Waals surface area contributed by atoms with Crippen molar-refractivity contribution in [3.8, 4) is 0 Å². The molecule has 0 saturated heterocycles. The zero-order valence-electron chi connectivity index (χ0n) is 14.8. The van der Waals surface area contributed by atoms with E-state index in [0.717, 1.165) is 0 Å². The van der Waals surface area contributed by atoms with Crippen LogP contribution in [0.2, 0.25) is 0 Å². The van der Waals surface area contributed by atoms with E-state index in [0.29, 0.717) is 22.1 Å². The van der Waals surface area contributed by atoms with Crippen molar-refractivity contribution >= 4 is 39.8 Å². The summed E-state index contributed by atoms with van der Waals surface area (Å²) in [6.45, 7) is 3.01. The zero-order valence-corrected chi connectivity index (χ0v) is 14.8. The molecule has 0 aliphatic carbocycles. The minimum absolute atomic E-state index is 0.0355. The highest BCUT2D eigenvalue weighted by molar-refractivity contribution is 6.01. The summed E-state index contributed by atoms with van der Waals surface area (Å²) < 4.78 is 24.3. The molecule has 0 aliphatic heterocycles. The van der Waals surface area contributed by atoms with Gasteiger partial charge in [-0.2, -0.15) is 0 Å². The topological polar surface area (TPSA) is 123 Å². The second kappa shape index (κ2) is 6.72. The average Bonchev–Trinajstić information content (AvgIpc) is 3.28. The van der Waals surface area contributed by atoms with Gasteiger partial charge in [0.2, 0.25) is 5.76 Å². The summed E-state index contributed by atoms with van der Waals surface area (Å²) >= 11 is 0. The highest BCUT2D eigenvalue weighted by Crippen LogP contribution is 2.28. The first-order valence-electron chi connectivity index (χ1n) is 8.29. The first kappa shape index (κ1) is 17.6. The Morgan fingerprint density at radius 3 is 2.89 bits per heavy atom. The molecule has 0 fully saturated rings. The van der Waals surface area contributed by atoms with Crippen LogP contribution in [0.15, 0.2) is 35.3 Å². The number of ether oxygens (including phenoxy) is 1. The molecule has 142 valence electrons. The standard InChI is InChI=1S/C18H14FN5O4/c1-8-10-4-3-5-11(19)14(10)28-13(8)18(26)27-9(2)17(25)24-16-12-15(21-6-20-12)22-7-23-16/h3-7,9H,1-2H3,(H2,20,21,22,23,24,25)/t9-/m0/s1. The number of para-hydroxylation sites is 1. The van der Waals surface area contributed by atoms with Crippen LogP contribution in [0.5, 0.6) is 0 Å². The molecular formula is C18H14FN5O4. The third-order valence-corrected chi connectivity index (χ3v) is 4.22. The molecule has 4 aromatic rings. The van der Waals surface area contributed by atoms with Gasteiger partial charge in [0.25, 0.3) is 5.91 Å². The van der Waals surface area contributed by atoms with Crippen molar-refractivity contribution in [2.75, 3.05) is 5.32 Å². The molecule has 1 atom stereocenters. The number of nitrogens with zero attached hydrogens (tertiary/aromatic N) is 3. The van der Waals surface area contributed by atoms with Crippen molar-refractivity contribution in [1.29, 1.82) is 0 Å². The van der Waals surface area contributed by atoms with Crippen LogP contribution in [0.3, 0.4) is 0 Å². The molecule has 10 heteroatoms. The summed E-state index contributed by atoms with van der Waals surface area (Å²) in [6, 6.07) is 4.38. The predicted octanol–water partition coefficient (Wildman–Crippen LogP) is 2.73. The first-order valence-corrected chi connectivity index (χ1v) is 8.29. The zero-order chi connectivity index (χ0) is 19.8. The Balaban J connectivity index is 1.51. The number of furan rings is 1. The Morgan fingerprint density at radius 1 is 1.29 bits per heavy atom. The lowest BCUT2D eigenvalue weighted by molar-refractivity contribution is -0.123. The summed E-state index contributed by atoms with van der Waals surface area (Å²) in [4.78, 5) is 39.5. The van der Waals surface area contributed by atoms with E-state index in [9.17, 15) is 14.0 Å². The van der Waals surface area contributed by atoms with Crippen molar-refractivity contribution in [2.24, 2.45) is 0 Å². The molecule has 0 bridgehead atoms. The Kier molecular flexibility index (Phi) is 4.22. The first-order chi connectivity index (χ1) is 13.5. The van der Waals surface area contributed by atoms with Gasteiger partial charge in [-0.05, 0) is 19.9 Å². The number of imidazole rings is 1. The molecule has 2 N–H and O–H groups in total. The third-order valence-electron chi connectivity index (χ3n) is 4.22. The van der Waals surface area contributed by atoms with Crippen LogP contribution in [0.25, 0.3) is 22.1 Å². The third kappa shape index (κ3) is 2.94. The lowest BCUT2D eigenvalue weighted by Gasteiger charge is -2.12. The van der Waals surface area contributed by atoms with E-state index in [1.165, 1.54) is 31.7 Å². The quantitative estimate of drug-likeness (QED) is 0.519. The summed E-state index contributed by atoms with van der Waals surface area (Å²) in [5, 5.41) is 3.01. The Morgan fingerprint density at radius 2 is 2.11 bits per heavy atom. The van der Waals surface area contributed by atoms with Crippen LogP contribution < -0.4 is 5.32 Å². The lowest BCUT2D eigenvalue weighted by atomic mass is 10.1. The number of amides is 1. The predicted molar refractivity (Wildman–Crippen MR) is 96.1 cm³/mol. The second-order valence-electron chi connectivity index (χ2n) is 6.03. The Labute approximate surface area is 156 Å². The van der Waals surface area contributed by atoms with E-state index < -0.39 is 23.8 Å². The van der Waals surface area contributed by atoms with Crippen molar-refractivity contribution in [3.63, 3.8) is 0 Å². The molecule has 0 aliphatic rings. The Bertz CT molecular complexity index is 1220. The van der Waals surface area contributed by atoms with Gasteiger partial charge >= 0.3 is 5.97 Å². The molecule has 1 aromatic carbocycles. The van der Waals surface area contributed by atoms with Crippen molar-refractivity contribution in [1.82, 2.24) is 19.9 Å². The molecule has 0 saturated carbocycles. The fourth-order valence-corrected chi connectivity index (χ4v) is 2.75. The number of fused-ring (bicyclic) bond motifs is 2. The van der Waals surface area contributed by atoms with E-state index in [-0.39, 0.29) is 17.2 Å². The van der Waals surface area contributed by atoms with Crippen LogP contribution in [-0.4, -0.2) is 37.9 Å². The summed E-state index contributed by atoms with van der Waals surface area (Å²) in [7, 11) is 0. The van der Waals surface area contributed by atoms with E-state index in [1.807, 2.05) is 0 Å². The number of aryl methyl sites for hydroxylation is 1. The van der Waals surface area contributed by atoms with Crippen molar-refractivity contribution in [3.05, 3.63) is 48.0 Å². The maximum Gasteiger partial charge on any atom is 0.375 e. The molecule has 4 rings (SSSR count). The van der Waals surface area contributed by atoms with Crippen LogP contribution >= 0.6 is 0 Å². The molecule has 9 nitrogen and oxygen atoms in total. The van der Waals surface area contributed by atoms with Crippen LogP contribution in [0.4, 0.5) is 10.2 Å². The average molecular weight is 383 g/mol. The van der Waals surface area contributed by atoms with Gasteiger partial charge in [-0.25, -0.2) is 24.1 Å². The molecule has 0 radical (unpaired) electrons. The van der Waals surface area contributed by atoms with Crippen molar-refractivity contribution in [2.45, 2.75) is 20.0 Å². The molecule has 3 heterocycles. The van der Waals surface area contributed by atoms with Gasteiger partial charge in [0, 0.05) is 10.9 Å². The minimum atomic E-state index is -1.15. The SMILES string of the molecule is Cc1c(C(=O)O[C@@H](C)C(=O)Nc2ncnc3nc[nH]c23)oc2c(F)cccc12. The van der Waals surface area contributed by atoms with Gasteiger partial charge in [-0.1, -0.05) is 12.1 Å². The van der Waals surface area contributed by atoms with Gasteiger partial charge in [-0.3, -0.25) is 4.79 Å². The number of carbonyl (C=O) groups is 2. The van der Waals surface area contributed by atoms with Crippen LogP contribution in [0, 0.1) is 12.7 Å². The summed E-state index contributed by atoms with van der Waals surface area (Å²) in [6.07, 6.45) is 1.52. The molecule has 3 aromatic heterocycles. The number of anilines is 1. The number of aromatic nitrogens is 4.